The third kappa shape index (κ3) is 2.71. The van der Waals surface area contributed by atoms with Gasteiger partial charge in [0, 0.05) is 18.3 Å². The molecule has 0 radical (unpaired) electrons. The molecule has 1 aromatic heterocycles. The number of anilines is 2. The molecule has 2 heterocycles. The van der Waals surface area contributed by atoms with Gasteiger partial charge in [-0.1, -0.05) is 6.07 Å². The molecule has 0 bridgehead atoms. The number of carbonyl (C=O) groups excluding carboxylic acids is 1. The number of aromatic nitrogens is 1. The highest BCUT2D eigenvalue weighted by atomic mass is 19.1. The second kappa shape index (κ2) is 5.49. The summed E-state index contributed by atoms with van der Waals surface area (Å²) in [5.74, 6) is 5.59. The molecule has 0 aliphatic carbocycles. The number of fused-ring (bicyclic) bond motifs is 1. The monoisotopic (exact) mass is 286 g/mol. The van der Waals surface area contributed by atoms with Crippen molar-refractivity contribution in [3.63, 3.8) is 0 Å². The zero-order valence-electron chi connectivity index (χ0n) is 11.3. The molecule has 0 saturated carbocycles. The van der Waals surface area contributed by atoms with Crippen LogP contribution in [-0.4, -0.2) is 10.9 Å². The van der Waals surface area contributed by atoms with Crippen molar-refractivity contribution < 1.29 is 9.18 Å². The molecule has 0 unspecified atom stereocenters. The SMILES string of the molecule is NNc1ccc(CN2C(=O)CCc3cc(F)ccc32)cn1. The second-order valence-electron chi connectivity index (χ2n) is 4.95. The summed E-state index contributed by atoms with van der Waals surface area (Å²) >= 11 is 0. The van der Waals surface area contributed by atoms with E-state index in [4.69, 9.17) is 5.84 Å². The number of nitrogen functional groups attached to an aromatic ring is 1. The van der Waals surface area contributed by atoms with E-state index in [2.05, 4.69) is 10.4 Å². The van der Waals surface area contributed by atoms with Crippen LogP contribution in [0.1, 0.15) is 17.5 Å². The van der Waals surface area contributed by atoms with E-state index in [0.29, 0.717) is 25.2 Å². The fourth-order valence-electron chi connectivity index (χ4n) is 2.49. The minimum Gasteiger partial charge on any atom is -0.308 e. The minimum absolute atomic E-state index is 0.0372. The summed E-state index contributed by atoms with van der Waals surface area (Å²) in [4.78, 5) is 17.9. The number of nitrogens with two attached hydrogens (primary N) is 1. The van der Waals surface area contributed by atoms with Gasteiger partial charge >= 0.3 is 0 Å². The maximum atomic E-state index is 13.3. The van der Waals surface area contributed by atoms with E-state index in [9.17, 15) is 9.18 Å². The first-order chi connectivity index (χ1) is 10.2. The number of benzene rings is 1. The van der Waals surface area contributed by atoms with Crippen LogP contribution in [0.2, 0.25) is 0 Å². The van der Waals surface area contributed by atoms with Crippen LogP contribution in [0.25, 0.3) is 0 Å². The molecule has 0 atom stereocenters. The van der Waals surface area contributed by atoms with Crippen molar-refractivity contribution in [2.45, 2.75) is 19.4 Å². The lowest BCUT2D eigenvalue weighted by molar-refractivity contribution is -0.119. The summed E-state index contributed by atoms with van der Waals surface area (Å²) in [7, 11) is 0. The third-order valence-corrected chi connectivity index (χ3v) is 3.55. The Bertz CT molecular complexity index is 672. The average molecular weight is 286 g/mol. The number of hydrazine groups is 1. The van der Waals surface area contributed by atoms with Crippen LogP contribution in [0, 0.1) is 5.82 Å². The molecule has 108 valence electrons. The molecule has 1 aliphatic rings. The molecule has 0 fully saturated rings. The number of hydrogen-bond donors (Lipinski definition) is 2. The van der Waals surface area contributed by atoms with Gasteiger partial charge < -0.3 is 10.3 Å². The number of amides is 1. The lowest BCUT2D eigenvalue weighted by Crippen LogP contribution is -2.34. The van der Waals surface area contributed by atoms with Crippen molar-refractivity contribution in [2.24, 2.45) is 5.84 Å². The molecule has 1 amide bonds. The molecule has 0 spiro atoms. The van der Waals surface area contributed by atoms with Gasteiger partial charge in [-0.05, 0) is 41.8 Å². The predicted molar refractivity (Wildman–Crippen MR) is 78.0 cm³/mol. The standard InChI is InChI=1S/C15H15FN4O/c16-12-3-4-13-11(7-12)2-6-15(21)20(13)9-10-1-5-14(19-17)18-8-10/h1,3-5,7-8H,2,6,9,17H2,(H,18,19). The molecule has 21 heavy (non-hydrogen) atoms. The Kier molecular flexibility index (Phi) is 3.53. The lowest BCUT2D eigenvalue weighted by atomic mass is 10.0. The second-order valence-corrected chi connectivity index (χ2v) is 4.95. The number of halogens is 1. The lowest BCUT2D eigenvalue weighted by Gasteiger charge is -2.29. The van der Waals surface area contributed by atoms with Crippen LogP contribution in [-0.2, 0) is 17.8 Å². The Hall–Kier alpha value is -2.47. The Balaban J connectivity index is 1.89. The van der Waals surface area contributed by atoms with Crippen molar-refractivity contribution >= 4 is 17.4 Å². The van der Waals surface area contributed by atoms with Crippen LogP contribution < -0.4 is 16.2 Å². The number of rotatable bonds is 3. The summed E-state index contributed by atoms with van der Waals surface area (Å²) in [6.07, 6.45) is 2.64. The predicted octanol–water partition coefficient (Wildman–Crippen LogP) is 1.99. The van der Waals surface area contributed by atoms with E-state index in [1.807, 2.05) is 6.07 Å². The van der Waals surface area contributed by atoms with Gasteiger partial charge in [0.25, 0.3) is 0 Å². The Morgan fingerprint density at radius 2 is 2.14 bits per heavy atom. The first kappa shape index (κ1) is 13.5. The molecule has 1 aliphatic heterocycles. The van der Waals surface area contributed by atoms with Crippen LogP contribution >= 0.6 is 0 Å². The van der Waals surface area contributed by atoms with E-state index < -0.39 is 0 Å². The Morgan fingerprint density at radius 3 is 2.86 bits per heavy atom. The minimum atomic E-state index is -0.275. The first-order valence-electron chi connectivity index (χ1n) is 6.68. The highest BCUT2D eigenvalue weighted by molar-refractivity contribution is 5.96. The van der Waals surface area contributed by atoms with E-state index in [1.165, 1.54) is 12.1 Å². The van der Waals surface area contributed by atoms with Gasteiger partial charge in [-0.15, -0.1) is 0 Å². The fourth-order valence-corrected chi connectivity index (χ4v) is 2.49. The van der Waals surface area contributed by atoms with Crippen molar-refractivity contribution in [2.75, 3.05) is 10.3 Å². The topological polar surface area (TPSA) is 71.2 Å². The van der Waals surface area contributed by atoms with Crippen molar-refractivity contribution in [1.29, 1.82) is 0 Å². The third-order valence-electron chi connectivity index (χ3n) is 3.55. The van der Waals surface area contributed by atoms with E-state index in [1.54, 1.807) is 23.2 Å². The van der Waals surface area contributed by atoms with Gasteiger partial charge in [0.05, 0.1) is 6.54 Å². The first-order valence-corrected chi connectivity index (χ1v) is 6.68. The molecule has 1 aromatic carbocycles. The fraction of sp³-hybridized carbons (Fsp3) is 0.200. The molecule has 2 aromatic rings. The number of nitrogens with one attached hydrogen (secondary N) is 1. The maximum Gasteiger partial charge on any atom is 0.227 e. The summed E-state index contributed by atoms with van der Waals surface area (Å²) in [5.41, 5.74) is 4.98. The smallest absolute Gasteiger partial charge is 0.227 e. The zero-order chi connectivity index (χ0) is 14.8. The summed E-state index contributed by atoms with van der Waals surface area (Å²) in [5, 5.41) is 0. The number of carbonyl (C=O) groups is 1. The molecule has 3 rings (SSSR count). The molecule has 0 saturated heterocycles. The van der Waals surface area contributed by atoms with Gasteiger partial charge in [-0.25, -0.2) is 15.2 Å². The van der Waals surface area contributed by atoms with Gasteiger partial charge in [-0.2, -0.15) is 0 Å². The van der Waals surface area contributed by atoms with E-state index in [0.717, 1.165) is 16.8 Å². The van der Waals surface area contributed by atoms with Crippen molar-refractivity contribution in [1.82, 2.24) is 4.98 Å². The average Bonchev–Trinajstić information content (AvgIpc) is 2.51. The number of aryl methyl sites for hydroxylation is 1. The highest BCUT2D eigenvalue weighted by Gasteiger charge is 2.24. The normalized spacial score (nSPS) is 14.0. The zero-order valence-corrected chi connectivity index (χ0v) is 11.3. The molecule has 5 nitrogen and oxygen atoms in total. The number of pyridine rings is 1. The summed E-state index contributed by atoms with van der Waals surface area (Å²) in [6.45, 7) is 0.412. The largest absolute Gasteiger partial charge is 0.308 e. The Labute approximate surface area is 121 Å². The number of nitrogens with zero attached hydrogens (tertiary/aromatic N) is 2. The van der Waals surface area contributed by atoms with Crippen LogP contribution in [0.4, 0.5) is 15.9 Å². The van der Waals surface area contributed by atoms with Crippen molar-refractivity contribution in [3.8, 4) is 0 Å². The number of hydrogen-bond acceptors (Lipinski definition) is 4. The Morgan fingerprint density at radius 1 is 1.29 bits per heavy atom. The van der Waals surface area contributed by atoms with Crippen molar-refractivity contribution in [3.05, 3.63) is 53.5 Å². The summed E-state index contributed by atoms with van der Waals surface area (Å²) in [6, 6.07) is 8.13. The van der Waals surface area contributed by atoms with Crippen LogP contribution in [0.3, 0.4) is 0 Å². The molecular weight excluding hydrogens is 271 g/mol. The van der Waals surface area contributed by atoms with Gasteiger partial charge in [0.15, 0.2) is 0 Å². The van der Waals surface area contributed by atoms with Gasteiger partial charge in [0.1, 0.15) is 11.6 Å². The highest BCUT2D eigenvalue weighted by Crippen LogP contribution is 2.29. The molecule has 3 N–H and O–H groups in total. The van der Waals surface area contributed by atoms with E-state index >= 15 is 0 Å². The molecule has 6 heteroatoms. The quantitative estimate of drug-likeness (QED) is 0.668. The van der Waals surface area contributed by atoms with Crippen LogP contribution in [0.5, 0.6) is 0 Å². The van der Waals surface area contributed by atoms with E-state index in [-0.39, 0.29) is 11.7 Å². The van der Waals surface area contributed by atoms with Gasteiger partial charge in [-0.3, -0.25) is 4.79 Å². The van der Waals surface area contributed by atoms with Crippen LogP contribution in [0.15, 0.2) is 36.5 Å². The van der Waals surface area contributed by atoms with Gasteiger partial charge in [0.2, 0.25) is 5.91 Å². The maximum absolute atomic E-state index is 13.3. The summed E-state index contributed by atoms with van der Waals surface area (Å²) < 4.78 is 13.3. The molecular formula is C15H15FN4O.